The van der Waals surface area contributed by atoms with Crippen LogP contribution in [-0.2, 0) is 0 Å². The van der Waals surface area contributed by atoms with Crippen LogP contribution in [0.15, 0.2) is 0 Å². The van der Waals surface area contributed by atoms with Gasteiger partial charge in [-0.25, -0.2) is 0 Å². The topological polar surface area (TPSA) is 35.5 Å². The van der Waals surface area contributed by atoms with Crippen molar-refractivity contribution in [3.63, 3.8) is 0 Å². The Bertz CT molecular complexity index is 306. The summed E-state index contributed by atoms with van der Waals surface area (Å²) in [5.74, 6) is 0.868. The highest BCUT2D eigenvalue weighted by Crippen LogP contribution is 2.39. The summed E-state index contributed by atoms with van der Waals surface area (Å²) in [6.45, 7) is 15.8. The second kappa shape index (κ2) is 6.97. The van der Waals surface area contributed by atoms with Crippen LogP contribution in [0.25, 0.3) is 0 Å². The highest BCUT2D eigenvalue weighted by molar-refractivity contribution is 4.91. The molecule has 1 fully saturated rings. The molecule has 126 valence electrons. The second-order valence-corrected chi connectivity index (χ2v) is 9.27. The third-order valence-corrected chi connectivity index (χ3v) is 4.59. The minimum absolute atomic E-state index is 0.172. The molecule has 0 bridgehead atoms. The van der Waals surface area contributed by atoms with Gasteiger partial charge in [0.25, 0.3) is 0 Å². The predicted molar refractivity (Wildman–Crippen MR) is 91.6 cm³/mol. The van der Waals surface area contributed by atoms with Crippen molar-refractivity contribution < 1.29 is 5.11 Å². The van der Waals surface area contributed by atoms with Crippen LogP contribution < -0.4 is 5.32 Å². The van der Waals surface area contributed by atoms with E-state index in [0.29, 0.717) is 5.41 Å². The van der Waals surface area contributed by atoms with Gasteiger partial charge in [-0.3, -0.25) is 0 Å². The summed E-state index contributed by atoms with van der Waals surface area (Å²) in [4.78, 5) is 2.32. The molecule has 0 radical (unpaired) electrons. The number of nitrogens with one attached hydrogen (secondary N) is 1. The Balaban J connectivity index is 2.68. The third-order valence-electron chi connectivity index (χ3n) is 4.59. The molecule has 1 aliphatic carbocycles. The van der Waals surface area contributed by atoms with E-state index in [1.165, 1.54) is 25.7 Å². The summed E-state index contributed by atoms with van der Waals surface area (Å²) in [6.07, 6.45) is 5.27. The van der Waals surface area contributed by atoms with E-state index >= 15 is 0 Å². The SMILES string of the molecule is CC1CCC(CNC(C)(C)C)(CN(C)CC(C)(C)O)CC1. The molecule has 0 atom stereocenters. The minimum atomic E-state index is -0.616. The molecule has 0 aromatic carbocycles. The van der Waals surface area contributed by atoms with Crippen molar-refractivity contribution in [2.24, 2.45) is 11.3 Å². The largest absolute Gasteiger partial charge is 0.389 e. The Morgan fingerprint density at radius 1 is 1.14 bits per heavy atom. The summed E-state index contributed by atoms with van der Waals surface area (Å²) in [5.41, 5.74) is -0.0833. The fourth-order valence-electron chi connectivity index (χ4n) is 3.51. The maximum atomic E-state index is 10.0. The second-order valence-electron chi connectivity index (χ2n) is 9.27. The average molecular weight is 299 g/mol. The first-order valence-corrected chi connectivity index (χ1v) is 8.57. The quantitative estimate of drug-likeness (QED) is 0.790. The number of hydrogen-bond acceptors (Lipinski definition) is 3. The van der Waals surface area contributed by atoms with Crippen LogP contribution in [-0.4, -0.2) is 47.8 Å². The predicted octanol–water partition coefficient (Wildman–Crippen LogP) is 3.27. The Kier molecular flexibility index (Phi) is 6.28. The van der Waals surface area contributed by atoms with E-state index in [1.54, 1.807) is 0 Å². The van der Waals surface area contributed by atoms with Crippen molar-refractivity contribution >= 4 is 0 Å². The van der Waals surface area contributed by atoms with Crippen LogP contribution >= 0.6 is 0 Å². The molecular weight excluding hydrogens is 260 g/mol. The number of likely N-dealkylation sites (N-methyl/N-ethyl adjacent to an activating group) is 1. The first-order chi connectivity index (χ1) is 9.41. The zero-order valence-electron chi connectivity index (χ0n) is 15.4. The molecule has 0 aliphatic heterocycles. The van der Waals surface area contributed by atoms with E-state index in [2.05, 4.69) is 45.0 Å². The smallest absolute Gasteiger partial charge is 0.0718 e. The normalized spacial score (nSPS) is 28.1. The maximum Gasteiger partial charge on any atom is 0.0718 e. The summed E-state index contributed by atoms with van der Waals surface area (Å²) in [7, 11) is 2.15. The Labute approximate surface area is 132 Å². The molecule has 0 aromatic heterocycles. The fourth-order valence-corrected chi connectivity index (χ4v) is 3.51. The Morgan fingerprint density at radius 2 is 1.67 bits per heavy atom. The minimum Gasteiger partial charge on any atom is -0.389 e. The lowest BCUT2D eigenvalue weighted by Crippen LogP contribution is -2.51. The van der Waals surface area contributed by atoms with Crippen LogP contribution in [0.4, 0.5) is 0 Å². The van der Waals surface area contributed by atoms with Crippen molar-refractivity contribution in [1.29, 1.82) is 0 Å². The van der Waals surface area contributed by atoms with Crippen LogP contribution in [0.5, 0.6) is 0 Å². The number of aliphatic hydroxyl groups is 1. The summed E-state index contributed by atoms with van der Waals surface area (Å²) < 4.78 is 0. The molecule has 1 aliphatic rings. The van der Waals surface area contributed by atoms with Crippen LogP contribution in [0.2, 0.25) is 0 Å². The van der Waals surface area contributed by atoms with Crippen molar-refractivity contribution in [3.8, 4) is 0 Å². The van der Waals surface area contributed by atoms with E-state index in [9.17, 15) is 5.11 Å². The van der Waals surface area contributed by atoms with Crippen LogP contribution in [0.1, 0.15) is 67.2 Å². The third kappa shape index (κ3) is 7.62. The molecule has 3 nitrogen and oxygen atoms in total. The number of hydrogen-bond donors (Lipinski definition) is 2. The number of rotatable bonds is 6. The standard InChI is InChI=1S/C18H38N2O/c1-15-8-10-18(11-9-15,12-19-16(2,3)4)14-20(7)13-17(5,6)21/h15,19,21H,8-14H2,1-7H3. The molecule has 0 spiro atoms. The lowest BCUT2D eigenvalue weighted by Gasteiger charge is -2.44. The maximum absolute atomic E-state index is 10.0. The molecule has 2 N–H and O–H groups in total. The van der Waals surface area contributed by atoms with E-state index in [4.69, 9.17) is 0 Å². The molecule has 0 amide bonds. The fraction of sp³-hybridized carbons (Fsp3) is 1.00. The lowest BCUT2D eigenvalue weighted by molar-refractivity contribution is 0.0184. The van der Waals surface area contributed by atoms with E-state index in [1.807, 2.05) is 13.8 Å². The molecule has 21 heavy (non-hydrogen) atoms. The van der Waals surface area contributed by atoms with E-state index < -0.39 is 5.60 Å². The highest BCUT2D eigenvalue weighted by atomic mass is 16.3. The Morgan fingerprint density at radius 3 is 2.10 bits per heavy atom. The van der Waals surface area contributed by atoms with Gasteiger partial charge in [0.1, 0.15) is 0 Å². The molecule has 1 saturated carbocycles. The van der Waals surface area contributed by atoms with Crippen molar-refractivity contribution in [2.75, 3.05) is 26.7 Å². The van der Waals surface area contributed by atoms with Gasteiger partial charge in [-0.2, -0.15) is 0 Å². The molecule has 3 heteroatoms. The van der Waals surface area contributed by atoms with Gasteiger partial charge in [0.05, 0.1) is 5.60 Å². The molecule has 0 heterocycles. The van der Waals surface area contributed by atoms with E-state index in [-0.39, 0.29) is 5.54 Å². The molecule has 0 unspecified atom stereocenters. The molecule has 0 saturated heterocycles. The van der Waals surface area contributed by atoms with Gasteiger partial charge in [0.2, 0.25) is 0 Å². The monoisotopic (exact) mass is 298 g/mol. The average Bonchev–Trinajstić information content (AvgIpc) is 2.27. The summed E-state index contributed by atoms with van der Waals surface area (Å²) in [5, 5.41) is 13.8. The van der Waals surface area contributed by atoms with Crippen molar-refractivity contribution in [2.45, 2.75) is 78.4 Å². The van der Waals surface area contributed by atoms with E-state index in [0.717, 1.165) is 25.6 Å². The highest BCUT2D eigenvalue weighted by Gasteiger charge is 2.36. The van der Waals surface area contributed by atoms with Crippen molar-refractivity contribution in [3.05, 3.63) is 0 Å². The molecule has 1 rings (SSSR count). The van der Waals surface area contributed by atoms with Gasteiger partial charge >= 0.3 is 0 Å². The number of nitrogens with zero attached hydrogens (tertiary/aromatic N) is 1. The van der Waals surface area contributed by atoms with Gasteiger partial charge < -0.3 is 15.3 Å². The molecule has 0 aromatic rings. The van der Waals surface area contributed by atoms with Gasteiger partial charge in [-0.05, 0) is 65.8 Å². The zero-order valence-corrected chi connectivity index (χ0v) is 15.4. The van der Waals surface area contributed by atoms with Gasteiger partial charge in [-0.1, -0.05) is 19.8 Å². The van der Waals surface area contributed by atoms with Crippen LogP contribution in [0, 0.1) is 11.3 Å². The van der Waals surface area contributed by atoms with Crippen molar-refractivity contribution in [1.82, 2.24) is 10.2 Å². The Hall–Kier alpha value is -0.120. The zero-order chi connectivity index (χ0) is 16.3. The summed E-state index contributed by atoms with van der Waals surface area (Å²) in [6, 6.07) is 0. The van der Waals surface area contributed by atoms with Gasteiger partial charge in [0.15, 0.2) is 0 Å². The van der Waals surface area contributed by atoms with Gasteiger partial charge in [0, 0.05) is 25.2 Å². The first-order valence-electron chi connectivity index (χ1n) is 8.57. The summed E-state index contributed by atoms with van der Waals surface area (Å²) >= 11 is 0. The lowest BCUT2D eigenvalue weighted by atomic mass is 9.70. The molecular formula is C18H38N2O. The first kappa shape index (κ1) is 18.9. The van der Waals surface area contributed by atoms with Gasteiger partial charge in [-0.15, -0.1) is 0 Å². The van der Waals surface area contributed by atoms with Crippen LogP contribution in [0.3, 0.4) is 0 Å².